The lowest BCUT2D eigenvalue weighted by atomic mass is 9.96. The van der Waals surface area contributed by atoms with E-state index in [1.807, 2.05) is 18.2 Å². The first-order valence-electron chi connectivity index (χ1n) is 9.52. The monoisotopic (exact) mass is 360 g/mol. The summed E-state index contributed by atoms with van der Waals surface area (Å²) in [6, 6.07) is 10.1. The van der Waals surface area contributed by atoms with Gasteiger partial charge in [0.2, 0.25) is 0 Å². The van der Waals surface area contributed by atoms with Crippen molar-refractivity contribution in [3.05, 3.63) is 53.1 Å². The summed E-state index contributed by atoms with van der Waals surface area (Å²) in [5.41, 5.74) is 5.29. The third-order valence-electron chi connectivity index (χ3n) is 5.33. The Morgan fingerprint density at radius 2 is 2.22 bits per heavy atom. The van der Waals surface area contributed by atoms with Gasteiger partial charge in [-0.15, -0.1) is 0 Å². The lowest BCUT2D eigenvalue weighted by Crippen LogP contribution is -2.28. The molecule has 3 heterocycles. The van der Waals surface area contributed by atoms with Crippen molar-refractivity contribution in [1.82, 2.24) is 20.3 Å². The summed E-state index contributed by atoms with van der Waals surface area (Å²) < 4.78 is 0. The predicted molar refractivity (Wildman–Crippen MR) is 107 cm³/mol. The van der Waals surface area contributed by atoms with Crippen LogP contribution in [0.1, 0.15) is 41.3 Å². The van der Waals surface area contributed by atoms with Gasteiger partial charge >= 0.3 is 0 Å². The zero-order chi connectivity index (χ0) is 18.6. The zero-order valence-electron chi connectivity index (χ0n) is 15.5. The number of benzene rings is 1. The molecule has 6 heteroatoms. The van der Waals surface area contributed by atoms with E-state index < -0.39 is 0 Å². The van der Waals surface area contributed by atoms with Crippen molar-refractivity contribution in [3.8, 4) is 6.07 Å². The first kappa shape index (κ1) is 17.5. The highest BCUT2D eigenvalue weighted by Gasteiger charge is 2.17. The van der Waals surface area contributed by atoms with Gasteiger partial charge in [0, 0.05) is 41.7 Å². The Morgan fingerprint density at radius 3 is 3.04 bits per heavy atom. The molecule has 27 heavy (non-hydrogen) atoms. The topological polar surface area (TPSA) is 89.4 Å². The number of nitrogens with zero attached hydrogens (tertiary/aromatic N) is 3. The zero-order valence-corrected chi connectivity index (χ0v) is 15.5. The third-order valence-corrected chi connectivity index (χ3v) is 5.33. The van der Waals surface area contributed by atoms with Gasteiger partial charge in [-0.3, -0.25) is 0 Å². The molecule has 1 saturated heterocycles. The van der Waals surface area contributed by atoms with E-state index in [-0.39, 0.29) is 0 Å². The molecule has 0 amide bonds. The van der Waals surface area contributed by atoms with Crippen molar-refractivity contribution in [2.24, 2.45) is 0 Å². The molecule has 4 rings (SSSR count). The molecule has 1 aliphatic rings. The average Bonchev–Trinajstić information content (AvgIpc) is 3.03. The van der Waals surface area contributed by atoms with Crippen LogP contribution in [-0.4, -0.2) is 34.6 Å². The quantitative estimate of drug-likeness (QED) is 0.650. The Kier molecular flexibility index (Phi) is 5.03. The minimum absolute atomic E-state index is 0.475. The molecule has 1 aliphatic heterocycles. The molecule has 3 N–H and O–H groups in total. The number of rotatable bonds is 5. The highest BCUT2D eigenvalue weighted by molar-refractivity contribution is 5.86. The molecule has 1 atom stereocenters. The molecule has 3 aromatic rings. The van der Waals surface area contributed by atoms with E-state index in [2.05, 4.69) is 44.6 Å². The maximum atomic E-state index is 9.16. The second-order valence-corrected chi connectivity index (χ2v) is 7.15. The average molecular weight is 360 g/mol. The lowest BCUT2D eigenvalue weighted by molar-refractivity contribution is 0.454. The number of piperidine rings is 1. The fourth-order valence-corrected chi connectivity index (χ4v) is 3.89. The van der Waals surface area contributed by atoms with E-state index in [1.165, 1.54) is 18.4 Å². The minimum Gasteiger partial charge on any atom is -0.370 e. The maximum absolute atomic E-state index is 9.16. The van der Waals surface area contributed by atoms with Gasteiger partial charge in [0.15, 0.2) is 0 Å². The highest BCUT2D eigenvalue weighted by atomic mass is 15.0. The van der Waals surface area contributed by atoms with Gasteiger partial charge in [0.25, 0.3) is 0 Å². The summed E-state index contributed by atoms with van der Waals surface area (Å²) in [4.78, 5) is 12.2. The number of hydrogen-bond acceptors (Lipinski definition) is 5. The number of aromatic nitrogens is 3. The Hall–Kier alpha value is -2.91. The number of anilines is 1. The molecule has 138 valence electrons. The van der Waals surface area contributed by atoms with Gasteiger partial charge in [-0.2, -0.15) is 5.26 Å². The Balaban J connectivity index is 1.45. The standard InChI is InChI=1S/C21H24N6/c1-14-17(18-9-15(11-22)4-5-19(18)27-14)6-8-24-21-10-20(25-13-26-21)16-3-2-7-23-12-16/h4-5,9-10,13,16,23,27H,2-3,6-8,12H2,1H3,(H,24,25,26)/t16-/m0/s1. The molecule has 1 aromatic carbocycles. The maximum Gasteiger partial charge on any atom is 0.129 e. The Morgan fingerprint density at radius 1 is 1.30 bits per heavy atom. The number of fused-ring (bicyclic) bond motifs is 1. The molecule has 0 radical (unpaired) electrons. The minimum atomic E-state index is 0.475. The Labute approximate surface area is 159 Å². The molecule has 6 nitrogen and oxygen atoms in total. The number of aromatic amines is 1. The van der Waals surface area contributed by atoms with Crippen LogP contribution < -0.4 is 10.6 Å². The van der Waals surface area contributed by atoms with Gasteiger partial charge in [-0.25, -0.2) is 9.97 Å². The van der Waals surface area contributed by atoms with Crippen molar-refractivity contribution < 1.29 is 0 Å². The first-order valence-corrected chi connectivity index (χ1v) is 9.52. The van der Waals surface area contributed by atoms with Gasteiger partial charge < -0.3 is 15.6 Å². The molecule has 0 spiro atoms. The summed E-state index contributed by atoms with van der Waals surface area (Å²) >= 11 is 0. The predicted octanol–water partition coefficient (Wildman–Crippen LogP) is 3.26. The second-order valence-electron chi connectivity index (χ2n) is 7.15. The number of nitrogens with one attached hydrogen (secondary N) is 3. The summed E-state index contributed by atoms with van der Waals surface area (Å²) in [6.07, 6.45) is 4.90. The fraction of sp³-hybridized carbons (Fsp3) is 0.381. The summed E-state index contributed by atoms with van der Waals surface area (Å²) in [5, 5.41) is 17.2. The highest BCUT2D eigenvalue weighted by Crippen LogP contribution is 2.25. The van der Waals surface area contributed by atoms with Gasteiger partial charge in [-0.05, 0) is 56.5 Å². The SMILES string of the molecule is Cc1[nH]c2ccc(C#N)cc2c1CCNc1cc([C@H]2CCCNC2)ncn1. The van der Waals surface area contributed by atoms with Crippen LogP contribution in [0.5, 0.6) is 0 Å². The van der Waals surface area contributed by atoms with E-state index in [0.717, 1.165) is 54.2 Å². The van der Waals surface area contributed by atoms with E-state index in [9.17, 15) is 0 Å². The van der Waals surface area contributed by atoms with Crippen LogP contribution in [0.4, 0.5) is 5.82 Å². The molecule has 0 unspecified atom stereocenters. The largest absolute Gasteiger partial charge is 0.370 e. The van der Waals surface area contributed by atoms with Gasteiger partial charge in [-0.1, -0.05) is 0 Å². The van der Waals surface area contributed by atoms with Crippen molar-refractivity contribution in [2.75, 3.05) is 25.0 Å². The van der Waals surface area contributed by atoms with Crippen molar-refractivity contribution >= 4 is 16.7 Å². The van der Waals surface area contributed by atoms with Gasteiger partial charge in [0.05, 0.1) is 17.3 Å². The van der Waals surface area contributed by atoms with Crippen LogP contribution in [0.2, 0.25) is 0 Å². The van der Waals surface area contributed by atoms with Gasteiger partial charge in [0.1, 0.15) is 12.1 Å². The first-order chi connectivity index (χ1) is 13.2. The van der Waals surface area contributed by atoms with Crippen LogP contribution in [0.25, 0.3) is 10.9 Å². The molecule has 2 aromatic heterocycles. The molecule has 0 aliphatic carbocycles. The number of hydrogen-bond donors (Lipinski definition) is 3. The van der Waals surface area contributed by atoms with Crippen LogP contribution in [0, 0.1) is 18.3 Å². The Bertz CT molecular complexity index is 978. The van der Waals surface area contributed by atoms with E-state index in [0.29, 0.717) is 11.5 Å². The molecular weight excluding hydrogens is 336 g/mol. The summed E-state index contributed by atoms with van der Waals surface area (Å²) in [6.45, 7) is 4.96. The van der Waals surface area contributed by atoms with Crippen molar-refractivity contribution in [3.63, 3.8) is 0 Å². The number of aryl methyl sites for hydroxylation is 1. The van der Waals surface area contributed by atoms with E-state index in [4.69, 9.17) is 5.26 Å². The normalized spacial score (nSPS) is 17.0. The number of H-pyrrole nitrogens is 1. The fourth-order valence-electron chi connectivity index (χ4n) is 3.89. The van der Waals surface area contributed by atoms with Crippen LogP contribution >= 0.6 is 0 Å². The molecule has 0 bridgehead atoms. The third kappa shape index (κ3) is 3.79. The number of nitriles is 1. The summed E-state index contributed by atoms with van der Waals surface area (Å²) in [7, 11) is 0. The lowest BCUT2D eigenvalue weighted by Gasteiger charge is -2.22. The van der Waals surface area contributed by atoms with E-state index in [1.54, 1.807) is 6.33 Å². The van der Waals surface area contributed by atoms with Crippen LogP contribution in [-0.2, 0) is 6.42 Å². The molecule has 1 fully saturated rings. The van der Waals surface area contributed by atoms with Crippen molar-refractivity contribution in [1.29, 1.82) is 5.26 Å². The molecule has 0 saturated carbocycles. The second kappa shape index (κ2) is 7.77. The van der Waals surface area contributed by atoms with Crippen molar-refractivity contribution in [2.45, 2.75) is 32.1 Å². The van der Waals surface area contributed by atoms with Crippen LogP contribution in [0.15, 0.2) is 30.6 Å². The molecular formula is C21H24N6. The summed E-state index contributed by atoms with van der Waals surface area (Å²) in [5.74, 6) is 1.35. The smallest absolute Gasteiger partial charge is 0.129 e. The van der Waals surface area contributed by atoms with E-state index >= 15 is 0 Å². The van der Waals surface area contributed by atoms with Crippen LogP contribution in [0.3, 0.4) is 0 Å².